The van der Waals surface area contributed by atoms with Gasteiger partial charge in [0, 0.05) is 18.7 Å². The molecule has 0 amide bonds. The molecule has 3 heteroatoms. The minimum absolute atomic E-state index is 0.0109. The lowest BCUT2D eigenvalue weighted by molar-refractivity contribution is 0.101. The minimum atomic E-state index is 0.0109. The van der Waals surface area contributed by atoms with E-state index in [0.29, 0.717) is 11.4 Å². The maximum absolute atomic E-state index is 12.0. The zero-order valence-electron chi connectivity index (χ0n) is 10.6. The van der Waals surface area contributed by atoms with Crippen LogP contribution in [0.3, 0.4) is 0 Å². The summed E-state index contributed by atoms with van der Waals surface area (Å²) < 4.78 is 1.86. The summed E-state index contributed by atoms with van der Waals surface area (Å²) in [6, 6.07) is 15.5. The second-order valence-electron chi connectivity index (χ2n) is 4.52. The third-order valence-electron chi connectivity index (χ3n) is 3.28. The van der Waals surface area contributed by atoms with Gasteiger partial charge in [-0.15, -0.1) is 0 Å². The van der Waals surface area contributed by atoms with E-state index in [1.807, 2.05) is 59.1 Å². The van der Waals surface area contributed by atoms with E-state index in [9.17, 15) is 4.79 Å². The Morgan fingerprint density at radius 1 is 1.05 bits per heavy atom. The molecule has 0 aliphatic rings. The van der Waals surface area contributed by atoms with Crippen LogP contribution < -0.4 is 5.73 Å². The van der Waals surface area contributed by atoms with Gasteiger partial charge >= 0.3 is 0 Å². The maximum Gasteiger partial charge on any atom is 0.177 e. The summed E-state index contributed by atoms with van der Waals surface area (Å²) in [6.07, 6.45) is 1.87. The van der Waals surface area contributed by atoms with Crippen LogP contribution in [0.1, 0.15) is 17.4 Å². The smallest absolute Gasteiger partial charge is 0.177 e. The zero-order valence-corrected chi connectivity index (χ0v) is 10.6. The molecule has 0 saturated heterocycles. The molecule has 0 fully saturated rings. The Morgan fingerprint density at radius 2 is 1.74 bits per heavy atom. The molecule has 3 nitrogen and oxygen atoms in total. The van der Waals surface area contributed by atoms with Crippen molar-refractivity contribution in [3.8, 4) is 11.1 Å². The predicted molar refractivity (Wildman–Crippen MR) is 77.2 cm³/mol. The number of pyridine rings is 1. The number of nitrogens with two attached hydrogens (primary N) is 1. The number of fused-ring (bicyclic) bond motifs is 1. The van der Waals surface area contributed by atoms with E-state index in [0.717, 1.165) is 16.6 Å². The zero-order chi connectivity index (χ0) is 13.4. The number of Topliss-reactive ketones (excluding diaryl/α,β-unsaturated/α-hetero) is 1. The number of carbonyl (C=O) groups is 1. The van der Waals surface area contributed by atoms with Gasteiger partial charge in [0.1, 0.15) is 0 Å². The quantitative estimate of drug-likeness (QED) is 0.709. The molecule has 2 aromatic heterocycles. The molecule has 0 spiro atoms. The van der Waals surface area contributed by atoms with Gasteiger partial charge in [-0.3, -0.25) is 4.79 Å². The molecule has 0 saturated carbocycles. The Bertz CT molecular complexity index is 757. The molecular weight excluding hydrogens is 236 g/mol. The van der Waals surface area contributed by atoms with Crippen LogP contribution in [0.2, 0.25) is 0 Å². The highest BCUT2D eigenvalue weighted by molar-refractivity contribution is 6.07. The molecule has 94 valence electrons. The van der Waals surface area contributed by atoms with Crippen molar-refractivity contribution in [2.75, 3.05) is 5.73 Å². The lowest BCUT2D eigenvalue weighted by Gasteiger charge is -2.03. The van der Waals surface area contributed by atoms with E-state index >= 15 is 0 Å². The molecule has 3 rings (SSSR count). The fraction of sp³-hybridized carbons (Fsp3) is 0.0625. The molecule has 3 aromatic rings. The topological polar surface area (TPSA) is 47.5 Å². The second-order valence-corrected chi connectivity index (χ2v) is 4.52. The summed E-state index contributed by atoms with van der Waals surface area (Å²) in [4.78, 5) is 12.0. The number of aromatic nitrogens is 1. The summed E-state index contributed by atoms with van der Waals surface area (Å²) in [5.74, 6) is 0.0109. The number of ketones is 1. The van der Waals surface area contributed by atoms with Gasteiger partial charge in [-0.05, 0) is 17.7 Å². The number of anilines is 1. The fourth-order valence-electron chi connectivity index (χ4n) is 2.48. The van der Waals surface area contributed by atoms with Gasteiger partial charge < -0.3 is 10.1 Å². The molecule has 0 unspecified atom stereocenters. The van der Waals surface area contributed by atoms with E-state index in [1.54, 1.807) is 6.92 Å². The summed E-state index contributed by atoms with van der Waals surface area (Å²) in [7, 11) is 0. The van der Waals surface area contributed by atoms with E-state index in [2.05, 4.69) is 0 Å². The first-order chi connectivity index (χ1) is 9.20. The fourth-order valence-corrected chi connectivity index (χ4v) is 2.48. The maximum atomic E-state index is 12.0. The van der Waals surface area contributed by atoms with Crippen LogP contribution >= 0.6 is 0 Å². The number of rotatable bonds is 2. The first-order valence-electron chi connectivity index (χ1n) is 6.15. The SMILES string of the molecule is CC(=O)c1c(-c2ccccc2)c(N)c2ccccn12. The third-order valence-corrected chi connectivity index (χ3v) is 3.28. The van der Waals surface area contributed by atoms with Gasteiger partial charge in [-0.25, -0.2) is 0 Å². The highest BCUT2D eigenvalue weighted by Gasteiger charge is 2.19. The third kappa shape index (κ3) is 1.71. The van der Waals surface area contributed by atoms with E-state index in [1.165, 1.54) is 0 Å². The van der Waals surface area contributed by atoms with Crippen molar-refractivity contribution in [2.45, 2.75) is 6.92 Å². The summed E-state index contributed by atoms with van der Waals surface area (Å²) in [5, 5.41) is 0. The highest BCUT2D eigenvalue weighted by atomic mass is 16.1. The van der Waals surface area contributed by atoms with Crippen molar-refractivity contribution in [1.29, 1.82) is 0 Å². The number of nitrogens with zero attached hydrogens (tertiary/aromatic N) is 1. The second kappa shape index (κ2) is 4.28. The summed E-state index contributed by atoms with van der Waals surface area (Å²) in [5.41, 5.74) is 10.2. The number of hydrogen-bond donors (Lipinski definition) is 1. The Kier molecular flexibility index (Phi) is 2.60. The number of carbonyl (C=O) groups excluding carboxylic acids is 1. The molecule has 0 radical (unpaired) electrons. The summed E-state index contributed by atoms with van der Waals surface area (Å²) >= 11 is 0. The lowest BCUT2D eigenvalue weighted by atomic mass is 10.0. The standard InChI is InChI=1S/C16H14N2O/c1-11(19)16-14(12-7-3-2-4-8-12)15(17)13-9-5-6-10-18(13)16/h2-10H,17H2,1H3. The highest BCUT2D eigenvalue weighted by Crippen LogP contribution is 2.35. The molecule has 19 heavy (non-hydrogen) atoms. The van der Waals surface area contributed by atoms with Crippen molar-refractivity contribution in [3.63, 3.8) is 0 Å². The van der Waals surface area contributed by atoms with Crippen LogP contribution in [0.25, 0.3) is 16.6 Å². The Hall–Kier alpha value is -2.55. The number of benzene rings is 1. The Morgan fingerprint density at radius 3 is 2.42 bits per heavy atom. The van der Waals surface area contributed by atoms with Crippen molar-refractivity contribution < 1.29 is 4.79 Å². The Balaban J connectivity index is 2.44. The first kappa shape index (κ1) is 11.5. The minimum Gasteiger partial charge on any atom is -0.396 e. The normalized spacial score (nSPS) is 10.8. The molecule has 0 atom stereocenters. The largest absolute Gasteiger partial charge is 0.396 e. The van der Waals surface area contributed by atoms with Crippen molar-refractivity contribution >= 4 is 17.0 Å². The Labute approximate surface area is 111 Å². The average Bonchev–Trinajstić information content (AvgIpc) is 2.74. The van der Waals surface area contributed by atoms with Crippen LogP contribution in [0.4, 0.5) is 5.69 Å². The van der Waals surface area contributed by atoms with Crippen molar-refractivity contribution in [2.24, 2.45) is 0 Å². The van der Waals surface area contributed by atoms with Gasteiger partial charge in [0.2, 0.25) is 0 Å². The van der Waals surface area contributed by atoms with E-state index in [4.69, 9.17) is 5.73 Å². The average molecular weight is 250 g/mol. The molecule has 0 aliphatic carbocycles. The van der Waals surface area contributed by atoms with Gasteiger partial charge in [0.05, 0.1) is 16.9 Å². The van der Waals surface area contributed by atoms with Crippen LogP contribution in [0, 0.1) is 0 Å². The van der Waals surface area contributed by atoms with Crippen LogP contribution in [-0.4, -0.2) is 10.2 Å². The van der Waals surface area contributed by atoms with Crippen molar-refractivity contribution in [1.82, 2.24) is 4.40 Å². The molecule has 2 N–H and O–H groups in total. The molecule has 1 aromatic carbocycles. The first-order valence-corrected chi connectivity index (χ1v) is 6.15. The monoisotopic (exact) mass is 250 g/mol. The predicted octanol–water partition coefficient (Wildman–Crippen LogP) is 3.39. The number of hydrogen-bond acceptors (Lipinski definition) is 2. The van der Waals surface area contributed by atoms with Crippen molar-refractivity contribution in [3.05, 3.63) is 60.4 Å². The van der Waals surface area contributed by atoms with E-state index < -0.39 is 0 Å². The van der Waals surface area contributed by atoms with Crippen LogP contribution in [0.15, 0.2) is 54.7 Å². The van der Waals surface area contributed by atoms with Gasteiger partial charge in [-0.1, -0.05) is 36.4 Å². The van der Waals surface area contributed by atoms with E-state index in [-0.39, 0.29) is 5.78 Å². The number of nitrogen functional groups attached to an aromatic ring is 1. The van der Waals surface area contributed by atoms with Crippen LogP contribution in [0.5, 0.6) is 0 Å². The van der Waals surface area contributed by atoms with Gasteiger partial charge in [0.25, 0.3) is 0 Å². The summed E-state index contributed by atoms with van der Waals surface area (Å²) in [6.45, 7) is 1.57. The van der Waals surface area contributed by atoms with Crippen LogP contribution in [-0.2, 0) is 0 Å². The molecular formula is C16H14N2O. The molecule has 0 aliphatic heterocycles. The molecule has 0 bridgehead atoms. The molecule has 2 heterocycles. The lowest BCUT2D eigenvalue weighted by Crippen LogP contribution is -2.00. The van der Waals surface area contributed by atoms with Gasteiger partial charge in [0.15, 0.2) is 5.78 Å². The van der Waals surface area contributed by atoms with Gasteiger partial charge in [-0.2, -0.15) is 0 Å².